The predicted octanol–water partition coefficient (Wildman–Crippen LogP) is 4.00. The van der Waals surface area contributed by atoms with E-state index in [4.69, 9.17) is 17.5 Å². The summed E-state index contributed by atoms with van der Waals surface area (Å²) >= 11 is 0. The molecule has 2 N–H and O–H groups in total. The topological polar surface area (TPSA) is 97.0 Å². The van der Waals surface area contributed by atoms with Crippen LogP contribution in [0.5, 0.6) is 5.75 Å². The first kappa shape index (κ1) is 24.8. The second kappa shape index (κ2) is 11.0. The molecule has 182 valence electrons. The van der Waals surface area contributed by atoms with Gasteiger partial charge in [0.25, 0.3) is 0 Å². The standard InChI is InChI=1S/C27H26BN3O5/c1-17(32)36-25-15-18(11-12-24(25)31(2)28)30-26(33)13-14-29-27(34)35-16-23-21-9-5-3-7-19(21)20-8-4-6-10-22(20)23/h3-12,15,23H,13-14,16H2,1-2H3,(H,29,34)(H,30,33). The second-order valence-electron chi connectivity index (χ2n) is 8.44. The monoisotopic (exact) mass is 483 g/mol. The molecule has 0 aromatic heterocycles. The average molecular weight is 483 g/mol. The van der Waals surface area contributed by atoms with Crippen LogP contribution in [0.3, 0.4) is 0 Å². The zero-order valence-corrected chi connectivity index (χ0v) is 20.1. The number of nitrogens with zero attached hydrogens (tertiary/aromatic N) is 1. The Kier molecular flexibility index (Phi) is 7.58. The summed E-state index contributed by atoms with van der Waals surface area (Å²) in [5.74, 6) is -0.638. The molecule has 0 heterocycles. The largest absolute Gasteiger partial charge is 0.449 e. The van der Waals surface area contributed by atoms with Gasteiger partial charge in [0.2, 0.25) is 13.9 Å². The van der Waals surface area contributed by atoms with Crippen molar-refractivity contribution in [3.8, 4) is 16.9 Å². The summed E-state index contributed by atoms with van der Waals surface area (Å²) < 4.78 is 10.7. The molecule has 0 spiro atoms. The molecule has 3 aromatic rings. The van der Waals surface area contributed by atoms with E-state index in [0.29, 0.717) is 11.4 Å². The van der Waals surface area contributed by atoms with Gasteiger partial charge in [-0.15, -0.1) is 0 Å². The van der Waals surface area contributed by atoms with Gasteiger partial charge in [-0.05, 0) is 41.4 Å². The molecule has 0 bridgehead atoms. The average Bonchev–Trinajstić information content (AvgIpc) is 3.16. The van der Waals surface area contributed by atoms with Gasteiger partial charge in [-0.3, -0.25) is 9.59 Å². The summed E-state index contributed by atoms with van der Waals surface area (Å²) in [6, 6.07) is 21.0. The Morgan fingerprint density at radius 1 is 0.972 bits per heavy atom. The first-order valence-electron chi connectivity index (χ1n) is 11.5. The molecule has 36 heavy (non-hydrogen) atoms. The summed E-state index contributed by atoms with van der Waals surface area (Å²) in [5.41, 5.74) is 5.49. The summed E-state index contributed by atoms with van der Waals surface area (Å²) in [6.07, 6.45) is -0.553. The van der Waals surface area contributed by atoms with Crippen LogP contribution in [0.1, 0.15) is 30.4 Å². The molecule has 4 rings (SSSR count). The molecule has 2 amide bonds. The van der Waals surface area contributed by atoms with E-state index in [2.05, 4.69) is 34.9 Å². The lowest BCUT2D eigenvalue weighted by molar-refractivity contribution is -0.131. The third kappa shape index (κ3) is 5.68. The van der Waals surface area contributed by atoms with Gasteiger partial charge in [-0.25, -0.2) is 4.79 Å². The highest BCUT2D eigenvalue weighted by Gasteiger charge is 2.29. The number of ether oxygens (including phenoxy) is 2. The summed E-state index contributed by atoms with van der Waals surface area (Å²) in [6.45, 7) is 1.58. The molecular formula is C27H26BN3O5. The van der Waals surface area contributed by atoms with Gasteiger partial charge in [0, 0.05) is 37.6 Å². The number of hydrogen-bond donors (Lipinski definition) is 2. The highest BCUT2D eigenvalue weighted by Crippen LogP contribution is 2.44. The van der Waals surface area contributed by atoms with Crippen molar-refractivity contribution in [1.29, 1.82) is 0 Å². The van der Waals surface area contributed by atoms with Crippen molar-refractivity contribution >= 4 is 37.3 Å². The number of esters is 1. The van der Waals surface area contributed by atoms with Crippen LogP contribution < -0.4 is 20.2 Å². The molecule has 1 aliphatic rings. The van der Waals surface area contributed by atoms with E-state index in [1.54, 1.807) is 19.2 Å². The number of rotatable bonds is 8. The maximum atomic E-state index is 12.3. The quantitative estimate of drug-likeness (QED) is 0.286. The molecule has 0 fully saturated rings. The lowest BCUT2D eigenvalue weighted by atomic mass is 9.98. The van der Waals surface area contributed by atoms with E-state index in [9.17, 15) is 14.4 Å². The van der Waals surface area contributed by atoms with Crippen molar-refractivity contribution in [2.75, 3.05) is 30.3 Å². The molecule has 1 aliphatic carbocycles. The van der Waals surface area contributed by atoms with Crippen LogP contribution >= 0.6 is 0 Å². The van der Waals surface area contributed by atoms with Gasteiger partial charge in [0.1, 0.15) is 6.61 Å². The SMILES string of the molecule is [B]N(C)c1ccc(NC(=O)CCNC(=O)OCC2c3ccccc3-c3ccccc32)cc1OC(C)=O. The van der Waals surface area contributed by atoms with Gasteiger partial charge in [0.15, 0.2) is 5.75 Å². The molecule has 0 atom stereocenters. The number of amides is 2. The molecule has 0 saturated carbocycles. The van der Waals surface area contributed by atoms with Crippen LogP contribution in [0.15, 0.2) is 66.7 Å². The van der Waals surface area contributed by atoms with Gasteiger partial charge in [-0.1, -0.05) is 48.5 Å². The normalized spacial score (nSPS) is 11.7. The molecular weight excluding hydrogens is 457 g/mol. The van der Waals surface area contributed by atoms with Crippen molar-refractivity contribution in [1.82, 2.24) is 5.32 Å². The highest BCUT2D eigenvalue weighted by molar-refractivity contribution is 6.18. The number of nitrogens with one attached hydrogen (secondary N) is 2. The molecule has 0 aliphatic heterocycles. The third-order valence-electron chi connectivity index (χ3n) is 5.84. The van der Waals surface area contributed by atoms with Gasteiger partial charge in [-0.2, -0.15) is 0 Å². The molecule has 2 radical (unpaired) electrons. The van der Waals surface area contributed by atoms with Crippen molar-refractivity contribution in [2.24, 2.45) is 0 Å². The van der Waals surface area contributed by atoms with Gasteiger partial charge >= 0.3 is 12.1 Å². The second-order valence-corrected chi connectivity index (χ2v) is 8.44. The lowest BCUT2D eigenvalue weighted by Crippen LogP contribution is -2.29. The third-order valence-corrected chi connectivity index (χ3v) is 5.84. The van der Waals surface area contributed by atoms with Crippen molar-refractivity contribution in [2.45, 2.75) is 19.3 Å². The first-order valence-corrected chi connectivity index (χ1v) is 11.5. The maximum absolute atomic E-state index is 12.3. The van der Waals surface area contributed by atoms with Gasteiger partial charge < -0.3 is 24.9 Å². The number of alkyl carbamates (subject to hydrolysis) is 1. The zero-order valence-electron chi connectivity index (χ0n) is 20.1. The van der Waals surface area contributed by atoms with E-state index in [1.807, 2.05) is 24.3 Å². The van der Waals surface area contributed by atoms with Crippen LogP contribution in [0.2, 0.25) is 0 Å². The number of hydrogen-bond acceptors (Lipinski definition) is 6. The van der Waals surface area contributed by atoms with Gasteiger partial charge in [0.05, 0.1) is 5.69 Å². The Labute approximate surface area is 211 Å². The van der Waals surface area contributed by atoms with Crippen molar-refractivity contribution in [3.05, 3.63) is 77.9 Å². The van der Waals surface area contributed by atoms with Crippen LogP contribution in [0, 0.1) is 0 Å². The Bertz CT molecular complexity index is 1250. The lowest BCUT2D eigenvalue weighted by Gasteiger charge is -2.18. The van der Waals surface area contributed by atoms with E-state index in [1.165, 1.54) is 17.8 Å². The molecule has 0 saturated heterocycles. The predicted molar refractivity (Wildman–Crippen MR) is 138 cm³/mol. The highest BCUT2D eigenvalue weighted by atomic mass is 16.5. The Morgan fingerprint density at radius 2 is 1.61 bits per heavy atom. The van der Waals surface area contributed by atoms with E-state index in [0.717, 1.165) is 22.3 Å². The summed E-state index contributed by atoms with van der Waals surface area (Å²) in [7, 11) is 7.36. The number of fused-ring (bicyclic) bond motifs is 3. The number of benzene rings is 3. The Balaban J connectivity index is 1.27. The fourth-order valence-electron chi connectivity index (χ4n) is 4.27. The van der Waals surface area contributed by atoms with E-state index in [-0.39, 0.29) is 37.1 Å². The van der Waals surface area contributed by atoms with Crippen LogP contribution in [-0.2, 0) is 14.3 Å². The molecule has 3 aromatic carbocycles. The smallest absolute Gasteiger partial charge is 0.407 e. The Hall–Kier alpha value is -4.27. The first-order chi connectivity index (χ1) is 17.3. The summed E-state index contributed by atoms with van der Waals surface area (Å²) in [5, 5.41) is 5.33. The van der Waals surface area contributed by atoms with E-state index >= 15 is 0 Å². The van der Waals surface area contributed by atoms with Crippen LogP contribution in [-0.4, -0.2) is 46.2 Å². The minimum Gasteiger partial charge on any atom is -0.449 e. The maximum Gasteiger partial charge on any atom is 0.407 e. The fraction of sp³-hybridized carbons (Fsp3) is 0.222. The molecule has 9 heteroatoms. The minimum absolute atomic E-state index is 0.0334. The van der Waals surface area contributed by atoms with Crippen LogP contribution in [0.25, 0.3) is 11.1 Å². The number of anilines is 2. The molecule has 8 nitrogen and oxygen atoms in total. The van der Waals surface area contributed by atoms with Crippen LogP contribution in [0.4, 0.5) is 16.2 Å². The molecule has 0 unspecified atom stereocenters. The van der Waals surface area contributed by atoms with Crippen molar-refractivity contribution < 1.29 is 23.9 Å². The minimum atomic E-state index is -0.586. The van der Waals surface area contributed by atoms with E-state index < -0.39 is 12.1 Å². The fourth-order valence-corrected chi connectivity index (χ4v) is 4.27. The summed E-state index contributed by atoms with van der Waals surface area (Å²) in [4.78, 5) is 37.3. The number of carbonyl (C=O) groups excluding carboxylic acids is 3. The van der Waals surface area contributed by atoms with Crippen molar-refractivity contribution in [3.63, 3.8) is 0 Å². The Morgan fingerprint density at radius 3 is 2.22 bits per heavy atom. The number of carbonyl (C=O) groups is 3. The zero-order chi connectivity index (χ0) is 25.7.